The first-order chi connectivity index (χ1) is 18.5. The zero-order chi connectivity index (χ0) is 27.9. The van der Waals surface area contributed by atoms with E-state index in [9.17, 15) is 28.0 Å². The van der Waals surface area contributed by atoms with Crippen molar-refractivity contribution in [3.8, 4) is 0 Å². The number of benzene rings is 2. The highest BCUT2D eigenvalue weighted by molar-refractivity contribution is 6.07. The maximum Gasteiger partial charge on any atom is 0.324 e. The van der Waals surface area contributed by atoms with E-state index in [1.807, 2.05) is 13.1 Å². The quantitative estimate of drug-likeness (QED) is 0.474. The Morgan fingerprint density at radius 3 is 2.51 bits per heavy atom. The number of anilines is 1. The third-order valence-electron chi connectivity index (χ3n) is 8.09. The minimum Gasteiger partial charge on any atom is -0.337 e. The fourth-order valence-electron chi connectivity index (χ4n) is 6.03. The monoisotopic (exact) mass is 540 g/mol. The Labute approximate surface area is 225 Å². The minimum atomic E-state index is -0.972. The Morgan fingerprint density at radius 1 is 1.13 bits per heavy atom. The average molecular weight is 541 g/mol. The van der Waals surface area contributed by atoms with E-state index >= 15 is 0 Å². The molecule has 2 saturated heterocycles. The number of hydrogen-bond acceptors (Lipinski definition) is 4. The normalized spacial score (nSPS) is 24.1. The van der Waals surface area contributed by atoms with Crippen molar-refractivity contribution in [2.75, 3.05) is 39.0 Å². The number of hydrogen-bond donors (Lipinski definition) is 3. The number of likely N-dealkylation sites (tertiary alicyclic amines) is 1. The van der Waals surface area contributed by atoms with Gasteiger partial charge < -0.3 is 20.0 Å². The molecule has 3 N–H and O–H groups in total. The molecular formula is C28H32F2N5O4+. The standard InChI is InChI=1S/C28H31F2N5O4/c1-33-7-3-4-19(15-33)25(37)35(14-17-8-21(29)11-22(30)9-17)16-24(36)31-23-6-5-18-12-28(13-20(18)10-23)26(38)32-27(39)34(28)2/h5-6,8-11,19H,3-4,7,12-16H2,1-2H3,(H,31,36)(H,32,38,39)/p+1. The van der Waals surface area contributed by atoms with Gasteiger partial charge in [-0.2, -0.15) is 0 Å². The van der Waals surface area contributed by atoms with Crippen molar-refractivity contribution in [3.05, 3.63) is 64.7 Å². The Kier molecular flexibility index (Phi) is 7.11. The van der Waals surface area contributed by atoms with Crippen LogP contribution in [0.25, 0.3) is 0 Å². The van der Waals surface area contributed by atoms with Crippen molar-refractivity contribution in [3.63, 3.8) is 0 Å². The van der Waals surface area contributed by atoms with Crippen molar-refractivity contribution >= 4 is 29.4 Å². The molecule has 11 heteroatoms. The van der Waals surface area contributed by atoms with Crippen LogP contribution in [0.2, 0.25) is 0 Å². The fraction of sp³-hybridized carbons (Fsp3) is 0.429. The Balaban J connectivity index is 1.31. The predicted molar refractivity (Wildman–Crippen MR) is 138 cm³/mol. The number of quaternary nitrogens is 1. The average Bonchev–Trinajstić information content (AvgIpc) is 3.35. The van der Waals surface area contributed by atoms with Crippen LogP contribution in [0.4, 0.5) is 19.3 Å². The molecule has 2 aromatic carbocycles. The number of halogens is 2. The summed E-state index contributed by atoms with van der Waals surface area (Å²) < 4.78 is 27.7. The van der Waals surface area contributed by atoms with E-state index in [0.717, 1.165) is 42.3 Å². The second-order valence-corrected chi connectivity index (χ2v) is 11.0. The molecular weight excluding hydrogens is 508 g/mol. The van der Waals surface area contributed by atoms with Crippen molar-refractivity contribution in [1.82, 2.24) is 15.1 Å². The maximum absolute atomic E-state index is 13.9. The minimum absolute atomic E-state index is 0.0985. The summed E-state index contributed by atoms with van der Waals surface area (Å²) in [5.41, 5.74) is 1.55. The van der Waals surface area contributed by atoms with E-state index in [2.05, 4.69) is 10.6 Å². The topological polar surface area (TPSA) is 103 Å². The molecule has 5 amide bonds. The number of piperidine rings is 1. The summed E-state index contributed by atoms with van der Waals surface area (Å²) in [7, 11) is 3.61. The third kappa shape index (κ3) is 5.36. The van der Waals surface area contributed by atoms with Crippen LogP contribution in [0, 0.1) is 17.6 Å². The molecule has 3 aliphatic rings. The van der Waals surface area contributed by atoms with Crippen LogP contribution in [0.1, 0.15) is 29.5 Å². The lowest BCUT2D eigenvalue weighted by atomic mass is 9.95. The lowest BCUT2D eigenvalue weighted by molar-refractivity contribution is -0.887. The molecule has 0 aromatic heterocycles. The van der Waals surface area contributed by atoms with Gasteiger partial charge in [-0.05, 0) is 53.8 Å². The van der Waals surface area contributed by atoms with Crippen LogP contribution in [0.5, 0.6) is 0 Å². The second kappa shape index (κ2) is 10.4. The number of imide groups is 1. The van der Waals surface area contributed by atoms with Crippen LogP contribution in [-0.4, -0.2) is 72.8 Å². The molecule has 3 atom stereocenters. The highest BCUT2D eigenvalue weighted by Crippen LogP contribution is 2.38. The van der Waals surface area contributed by atoms with E-state index in [0.29, 0.717) is 31.5 Å². The van der Waals surface area contributed by atoms with Crippen molar-refractivity contribution in [2.45, 2.75) is 37.8 Å². The van der Waals surface area contributed by atoms with Crippen LogP contribution < -0.4 is 15.5 Å². The van der Waals surface area contributed by atoms with E-state index in [1.54, 1.807) is 19.2 Å². The number of likely N-dealkylation sites (N-methyl/N-ethyl adjacent to an activating group) is 1. The van der Waals surface area contributed by atoms with Gasteiger partial charge in [0.15, 0.2) is 0 Å². The Morgan fingerprint density at radius 2 is 1.85 bits per heavy atom. The maximum atomic E-state index is 13.9. The molecule has 9 nitrogen and oxygen atoms in total. The number of carbonyl (C=O) groups is 4. The lowest BCUT2D eigenvalue weighted by Gasteiger charge is -2.31. The van der Waals surface area contributed by atoms with Crippen LogP contribution in [0.3, 0.4) is 0 Å². The highest BCUT2D eigenvalue weighted by atomic mass is 19.1. The first-order valence-corrected chi connectivity index (χ1v) is 13.1. The van der Waals surface area contributed by atoms with Crippen molar-refractivity contribution < 1.29 is 32.9 Å². The van der Waals surface area contributed by atoms with Gasteiger partial charge in [-0.25, -0.2) is 13.6 Å². The number of urea groups is 1. The fourth-order valence-corrected chi connectivity index (χ4v) is 6.03. The number of nitrogens with zero attached hydrogens (tertiary/aromatic N) is 2. The number of carbonyl (C=O) groups excluding carboxylic acids is 4. The van der Waals surface area contributed by atoms with Crippen LogP contribution in [0.15, 0.2) is 36.4 Å². The summed E-state index contributed by atoms with van der Waals surface area (Å²) in [6, 6.07) is 7.98. The molecule has 2 fully saturated rings. The molecule has 0 bridgehead atoms. The van der Waals surface area contributed by atoms with Gasteiger partial charge in [-0.15, -0.1) is 0 Å². The molecule has 2 aliphatic heterocycles. The molecule has 1 spiro atoms. The van der Waals surface area contributed by atoms with Crippen LogP contribution in [-0.2, 0) is 33.8 Å². The van der Waals surface area contributed by atoms with Crippen LogP contribution >= 0.6 is 0 Å². The molecule has 206 valence electrons. The number of amides is 5. The van der Waals surface area contributed by atoms with Crippen molar-refractivity contribution in [2.24, 2.45) is 5.92 Å². The highest BCUT2D eigenvalue weighted by Gasteiger charge is 2.54. The number of rotatable bonds is 6. The summed E-state index contributed by atoms with van der Waals surface area (Å²) in [6.45, 7) is 1.21. The summed E-state index contributed by atoms with van der Waals surface area (Å²) >= 11 is 0. The van der Waals surface area contributed by atoms with E-state index in [1.165, 1.54) is 14.7 Å². The van der Waals surface area contributed by atoms with Gasteiger partial charge in [0.2, 0.25) is 11.8 Å². The zero-order valence-electron chi connectivity index (χ0n) is 22.0. The van der Waals surface area contributed by atoms with Gasteiger partial charge in [-0.3, -0.25) is 19.7 Å². The summed E-state index contributed by atoms with van der Waals surface area (Å²) in [5.74, 6) is -2.78. The SMILES string of the molecule is CN1C(=O)NC(=O)C12Cc1ccc(NC(=O)CN(Cc3cc(F)cc(F)c3)C(=O)C3CCC[NH+](C)C3)cc1C2. The number of nitrogens with one attached hydrogen (secondary N) is 3. The molecule has 0 radical (unpaired) electrons. The smallest absolute Gasteiger partial charge is 0.324 e. The van der Waals surface area contributed by atoms with E-state index in [4.69, 9.17) is 0 Å². The molecule has 0 saturated carbocycles. The zero-order valence-corrected chi connectivity index (χ0v) is 22.0. The molecule has 5 rings (SSSR count). The predicted octanol–water partition coefficient (Wildman–Crippen LogP) is 0.876. The first kappa shape index (κ1) is 26.7. The van der Waals surface area contributed by atoms with E-state index in [-0.39, 0.29) is 36.4 Å². The molecule has 2 aromatic rings. The third-order valence-corrected chi connectivity index (χ3v) is 8.09. The summed E-state index contributed by atoms with van der Waals surface area (Å²) in [6.07, 6.45) is 2.29. The van der Waals surface area contributed by atoms with Gasteiger partial charge in [0.05, 0.1) is 26.1 Å². The Bertz CT molecular complexity index is 1330. The van der Waals surface area contributed by atoms with Gasteiger partial charge in [0.1, 0.15) is 23.7 Å². The Hall–Kier alpha value is -3.86. The van der Waals surface area contributed by atoms with Gasteiger partial charge in [-0.1, -0.05) is 6.07 Å². The van der Waals surface area contributed by atoms with Gasteiger partial charge in [0, 0.05) is 38.2 Å². The summed E-state index contributed by atoms with van der Waals surface area (Å²) in [4.78, 5) is 55.2. The lowest BCUT2D eigenvalue weighted by Crippen LogP contribution is -3.10. The van der Waals surface area contributed by atoms with Gasteiger partial charge >= 0.3 is 6.03 Å². The van der Waals surface area contributed by atoms with Gasteiger partial charge in [0.25, 0.3) is 5.91 Å². The molecule has 39 heavy (non-hydrogen) atoms. The molecule has 3 unspecified atom stereocenters. The first-order valence-electron chi connectivity index (χ1n) is 13.1. The summed E-state index contributed by atoms with van der Waals surface area (Å²) in [5, 5.41) is 5.18. The number of fused-ring (bicyclic) bond motifs is 1. The molecule has 2 heterocycles. The van der Waals surface area contributed by atoms with Crippen molar-refractivity contribution in [1.29, 1.82) is 0 Å². The largest absolute Gasteiger partial charge is 0.337 e. The van der Waals surface area contributed by atoms with E-state index < -0.39 is 29.1 Å². The molecule has 1 aliphatic carbocycles. The second-order valence-electron chi connectivity index (χ2n) is 11.0.